The van der Waals surface area contributed by atoms with Crippen LogP contribution in [0, 0.1) is 0 Å². The van der Waals surface area contributed by atoms with Gasteiger partial charge in [0, 0.05) is 21.9 Å². The Morgan fingerprint density at radius 1 is 1.47 bits per heavy atom. The first kappa shape index (κ1) is 11.0. The number of hydrogen-bond donors (Lipinski definition) is 2. The molecule has 1 aromatic heterocycles. The summed E-state index contributed by atoms with van der Waals surface area (Å²) in [5.41, 5.74) is 2.31. The van der Waals surface area contributed by atoms with E-state index in [2.05, 4.69) is 27.6 Å². The van der Waals surface area contributed by atoms with Crippen LogP contribution in [-0.2, 0) is 0 Å². The van der Waals surface area contributed by atoms with Crippen molar-refractivity contribution in [2.45, 2.75) is 17.4 Å². The second-order valence-electron chi connectivity index (χ2n) is 4.00. The molecule has 2 N–H and O–H groups in total. The van der Waals surface area contributed by atoms with E-state index in [1.54, 1.807) is 6.20 Å². The summed E-state index contributed by atoms with van der Waals surface area (Å²) in [6, 6.07) is 6.43. The van der Waals surface area contributed by atoms with Gasteiger partial charge in [-0.2, -0.15) is 5.10 Å². The number of rotatable bonds is 2. The van der Waals surface area contributed by atoms with E-state index >= 15 is 0 Å². The first-order chi connectivity index (χ1) is 8.33. The monoisotopic (exact) mass is 265 g/mol. The molecule has 1 unspecified atom stereocenters. The van der Waals surface area contributed by atoms with Crippen LogP contribution in [0.4, 0.5) is 5.69 Å². The van der Waals surface area contributed by atoms with E-state index in [-0.39, 0.29) is 0 Å². The van der Waals surface area contributed by atoms with Crippen LogP contribution >= 0.6 is 23.4 Å². The zero-order chi connectivity index (χ0) is 11.7. The molecule has 0 radical (unpaired) electrons. The molecule has 0 fully saturated rings. The number of hydrogen-bond acceptors (Lipinski definition) is 3. The number of halogens is 1. The summed E-state index contributed by atoms with van der Waals surface area (Å²) in [6.45, 7) is 0. The van der Waals surface area contributed by atoms with E-state index < -0.39 is 0 Å². The first-order valence-corrected chi connectivity index (χ1v) is 6.87. The highest BCUT2D eigenvalue weighted by atomic mass is 35.5. The fourth-order valence-corrected chi connectivity index (χ4v) is 3.33. The fraction of sp³-hybridized carbons (Fsp3) is 0.250. The number of benzene rings is 1. The van der Waals surface area contributed by atoms with E-state index in [0.717, 1.165) is 22.9 Å². The van der Waals surface area contributed by atoms with Crippen LogP contribution in [0.15, 0.2) is 35.5 Å². The SMILES string of the molecule is Clc1ccc2c(c1)C(Nc1cn[nH]c1)CCS2. The molecule has 0 amide bonds. The molecule has 1 aromatic carbocycles. The van der Waals surface area contributed by atoms with E-state index in [1.165, 1.54) is 10.5 Å². The zero-order valence-electron chi connectivity index (χ0n) is 9.11. The molecule has 1 aliphatic heterocycles. The van der Waals surface area contributed by atoms with Crippen molar-refractivity contribution in [1.29, 1.82) is 0 Å². The van der Waals surface area contributed by atoms with Crippen molar-refractivity contribution in [1.82, 2.24) is 10.2 Å². The van der Waals surface area contributed by atoms with Gasteiger partial charge in [-0.15, -0.1) is 11.8 Å². The van der Waals surface area contributed by atoms with Crippen molar-refractivity contribution in [3.8, 4) is 0 Å². The summed E-state index contributed by atoms with van der Waals surface area (Å²) < 4.78 is 0. The predicted octanol–water partition coefficient (Wildman–Crippen LogP) is 3.71. The lowest BCUT2D eigenvalue weighted by molar-refractivity contribution is 0.729. The number of nitrogens with zero attached hydrogens (tertiary/aromatic N) is 1. The summed E-state index contributed by atoms with van der Waals surface area (Å²) >= 11 is 7.96. The summed E-state index contributed by atoms with van der Waals surface area (Å²) in [6.07, 6.45) is 4.77. The van der Waals surface area contributed by atoms with Gasteiger partial charge in [0.05, 0.1) is 17.9 Å². The van der Waals surface area contributed by atoms with Crippen LogP contribution in [0.5, 0.6) is 0 Å². The normalized spacial score (nSPS) is 18.8. The average molecular weight is 266 g/mol. The molecule has 3 rings (SSSR count). The highest BCUT2D eigenvalue weighted by Crippen LogP contribution is 2.38. The second-order valence-corrected chi connectivity index (χ2v) is 5.58. The highest BCUT2D eigenvalue weighted by Gasteiger charge is 2.20. The molecular weight excluding hydrogens is 254 g/mol. The minimum atomic E-state index is 0.322. The average Bonchev–Trinajstić information content (AvgIpc) is 2.83. The lowest BCUT2D eigenvalue weighted by Crippen LogP contribution is -2.15. The van der Waals surface area contributed by atoms with Crippen molar-refractivity contribution in [3.05, 3.63) is 41.2 Å². The maximum atomic E-state index is 6.07. The van der Waals surface area contributed by atoms with Crippen molar-refractivity contribution in [2.24, 2.45) is 0 Å². The molecule has 0 bridgehead atoms. The summed E-state index contributed by atoms with van der Waals surface area (Å²) in [7, 11) is 0. The Balaban J connectivity index is 1.90. The Bertz CT molecular complexity index is 512. The van der Waals surface area contributed by atoms with E-state index in [9.17, 15) is 0 Å². The number of anilines is 1. The zero-order valence-corrected chi connectivity index (χ0v) is 10.7. The van der Waals surface area contributed by atoms with Crippen LogP contribution in [0.1, 0.15) is 18.0 Å². The van der Waals surface area contributed by atoms with Gasteiger partial charge in [-0.05, 0) is 30.2 Å². The van der Waals surface area contributed by atoms with Crippen LogP contribution in [0.25, 0.3) is 0 Å². The summed E-state index contributed by atoms with van der Waals surface area (Å²) in [4.78, 5) is 1.32. The van der Waals surface area contributed by atoms with Crippen LogP contribution in [0.2, 0.25) is 5.02 Å². The van der Waals surface area contributed by atoms with Crippen LogP contribution in [0.3, 0.4) is 0 Å². The van der Waals surface area contributed by atoms with Crippen molar-refractivity contribution in [3.63, 3.8) is 0 Å². The maximum Gasteiger partial charge on any atom is 0.0728 e. The molecule has 5 heteroatoms. The molecule has 1 atom stereocenters. The Hall–Kier alpha value is -1.13. The molecule has 0 aliphatic carbocycles. The Kier molecular flexibility index (Phi) is 2.99. The Morgan fingerprint density at radius 2 is 2.41 bits per heavy atom. The molecular formula is C12H12ClN3S. The molecule has 2 heterocycles. The van der Waals surface area contributed by atoms with Gasteiger partial charge in [0.25, 0.3) is 0 Å². The van der Waals surface area contributed by atoms with E-state index in [1.807, 2.05) is 24.0 Å². The fourth-order valence-electron chi connectivity index (χ4n) is 2.05. The number of fused-ring (bicyclic) bond motifs is 1. The van der Waals surface area contributed by atoms with Gasteiger partial charge in [0.2, 0.25) is 0 Å². The molecule has 2 aromatic rings. The number of aromatic amines is 1. The lowest BCUT2D eigenvalue weighted by atomic mass is 10.0. The molecule has 0 saturated carbocycles. The maximum absolute atomic E-state index is 6.07. The van der Waals surface area contributed by atoms with Crippen LogP contribution in [-0.4, -0.2) is 16.0 Å². The topological polar surface area (TPSA) is 40.7 Å². The second kappa shape index (κ2) is 4.63. The first-order valence-electron chi connectivity index (χ1n) is 5.50. The molecule has 88 valence electrons. The quantitative estimate of drug-likeness (QED) is 0.870. The number of thioether (sulfide) groups is 1. The number of nitrogens with one attached hydrogen (secondary N) is 2. The number of aromatic nitrogens is 2. The third-order valence-corrected chi connectivity index (χ3v) is 4.21. The molecule has 0 saturated heterocycles. The molecule has 1 aliphatic rings. The van der Waals surface area contributed by atoms with Crippen molar-refractivity contribution in [2.75, 3.05) is 11.1 Å². The van der Waals surface area contributed by atoms with Gasteiger partial charge in [0.15, 0.2) is 0 Å². The minimum absolute atomic E-state index is 0.322. The van der Waals surface area contributed by atoms with Gasteiger partial charge >= 0.3 is 0 Å². The van der Waals surface area contributed by atoms with Gasteiger partial charge in [0.1, 0.15) is 0 Å². The number of H-pyrrole nitrogens is 1. The molecule has 3 nitrogen and oxygen atoms in total. The summed E-state index contributed by atoms with van der Waals surface area (Å²) in [5, 5.41) is 11.0. The largest absolute Gasteiger partial charge is 0.376 e. The smallest absolute Gasteiger partial charge is 0.0728 e. The predicted molar refractivity (Wildman–Crippen MR) is 71.7 cm³/mol. The third kappa shape index (κ3) is 2.28. The Morgan fingerprint density at radius 3 is 3.24 bits per heavy atom. The molecule has 17 heavy (non-hydrogen) atoms. The van der Waals surface area contributed by atoms with Gasteiger partial charge < -0.3 is 5.32 Å². The standard InChI is InChI=1S/C12H12ClN3S/c13-8-1-2-12-10(5-8)11(3-4-17-12)16-9-6-14-15-7-9/h1-2,5-7,11,16H,3-4H2,(H,14,15). The lowest BCUT2D eigenvalue weighted by Gasteiger charge is -2.26. The molecule has 0 spiro atoms. The highest BCUT2D eigenvalue weighted by molar-refractivity contribution is 7.99. The van der Waals surface area contributed by atoms with E-state index in [0.29, 0.717) is 6.04 Å². The van der Waals surface area contributed by atoms with Crippen molar-refractivity contribution >= 4 is 29.1 Å². The van der Waals surface area contributed by atoms with E-state index in [4.69, 9.17) is 11.6 Å². The van der Waals surface area contributed by atoms with Gasteiger partial charge in [-0.25, -0.2) is 0 Å². The van der Waals surface area contributed by atoms with Gasteiger partial charge in [-0.1, -0.05) is 11.6 Å². The van der Waals surface area contributed by atoms with Gasteiger partial charge in [-0.3, -0.25) is 5.10 Å². The van der Waals surface area contributed by atoms with Crippen LogP contribution < -0.4 is 5.32 Å². The Labute approximate surface area is 109 Å². The summed E-state index contributed by atoms with van der Waals surface area (Å²) in [5.74, 6) is 1.13. The third-order valence-electron chi connectivity index (χ3n) is 2.85. The minimum Gasteiger partial charge on any atom is -0.376 e. The van der Waals surface area contributed by atoms with Crippen molar-refractivity contribution < 1.29 is 0 Å².